The summed E-state index contributed by atoms with van der Waals surface area (Å²) in [5, 5.41) is 10.6. The summed E-state index contributed by atoms with van der Waals surface area (Å²) in [5.41, 5.74) is 2.00. The molecule has 3 aliphatic heterocycles. The molecular weight excluding hydrogens is 550 g/mol. The molecule has 1 unspecified atom stereocenters. The average Bonchev–Trinajstić information content (AvgIpc) is 3.58. The second kappa shape index (κ2) is 15.0. The first-order valence-electron chi connectivity index (χ1n) is 15.8. The Bertz CT molecular complexity index is 1160. The number of fused-ring (bicyclic) bond motifs is 1. The normalized spacial score (nSPS) is 22.3. The minimum atomic E-state index is -0.929. The number of urea groups is 1. The van der Waals surface area contributed by atoms with Gasteiger partial charge in [0.15, 0.2) is 0 Å². The number of benzene rings is 1. The number of carboxylic acids is 1. The van der Waals surface area contributed by atoms with Crippen molar-refractivity contribution >= 4 is 23.8 Å². The average molecular weight is 600 g/mol. The third-order valence-electron chi connectivity index (χ3n) is 9.10. The Morgan fingerprint density at radius 1 is 1.07 bits per heavy atom. The molecule has 0 aliphatic carbocycles. The lowest BCUT2D eigenvalue weighted by atomic mass is 9.83. The van der Waals surface area contributed by atoms with Crippen LogP contribution in [0.4, 0.5) is 4.79 Å². The number of nitrogens with zero attached hydrogens (tertiary/aromatic N) is 5. The summed E-state index contributed by atoms with van der Waals surface area (Å²) < 4.78 is 5.68. The molecule has 0 bridgehead atoms. The Kier molecular flexibility index (Phi) is 11.4. The Hall–Kier alpha value is -3.18. The van der Waals surface area contributed by atoms with Crippen LogP contribution in [0, 0.1) is 5.92 Å². The zero-order valence-electron chi connectivity index (χ0n) is 26.3. The van der Waals surface area contributed by atoms with E-state index in [-0.39, 0.29) is 49.7 Å². The summed E-state index contributed by atoms with van der Waals surface area (Å²) in [6, 6.07) is 5.04. The molecule has 11 nitrogen and oxygen atoms in total. The van der Waals surface area contributed by atoms with Gasteiger partial charge in [0.25, 0.3) is 0 Å². The first kappa shape index (κ1) is 32.7. The largest absolute Gasteiger partial charge is 0.493 e. The van der Waals surface area contributed by atoms with Crippen LogP contribution in [0.15, 0.2) is 18.2 Å². The number of likely N-dealkylation sites (tertiary alicyclic amines) is 1. The quantitative estimate of drug-likeness (QED) is 0.306. The van der Waals surface area contributed by atoms with E-state index in [0.717, 1.165) is 55.5 Å². The number of carbonyl (C=O) groups excluding carboxylic acids is 3. The van der Waals surface area contributed by atoms with Crippen molar-refractivity contribution in [3.63, 3.8) is 0 Å². The molecule has 2 fully saturated rings. The molecule has 1 N–H and O–H groups in total. The highest BCUT2D eigenvalue weighted by Gasteiger charge is 2.48. The number of hydrogen-bond acceptors (Lipinski definition) is 7. The maximum atomic E-state index is 13.8. The Morgan fingerprint density at radius 3 is 2.53 bits per heavy atom. The van der Waals surface area contributed by atoms with E-state index in [2.05, 4.69) is 17.9 Å². The fourth-order valence-electron chi connectivity index (χ4n) is 6.63. The van der Waals surface area contributed by atoms with Crippen LogP contribution in [0.2, 0.25) is 0 Å². The van der Waals surface area contributed by atoms with Gasteiger partial charge in [0.05, 0.1) is 19.1 Å². The summed E-state index contributed by atoms with van der Waals surface area (Å²) >= 11 is 0. The highest BCUT2D eigenvalue weighted by Crippen LogP contribution is 2.41. The van der Waals surface area contributed by atoms with E-state index in [9.17, 15) is 24.3 Å². The SMILES string of the molecule is CCCCN(CCCCN(C)C)C(=O)CN1C[C@H](c2ccc3c(c2)CCO3)C(C(=O)O)[C@@H]1CCN1C(=O)CCN(C)C1=O. The number of rotatable bonds is 15. The van der Waals surface area contributed by atoms with Gasteiger partial charge in [0.1, 0.15) is 5.75 Å². The second-order valence-corrected chi connectivity index (χ2v) is 12.5. The predicted molar refractivity (Wildman–Crippen MR) is 163 cm³/mol. The van der Waals surface area contributed by atoms with Crippen LogP contribution >= 0.6 is 0 Å². The van der Waals surface area contributed by atoms with Gasteiger partial charge in [0, 0.05) is 64.6 Å². The number of ether oxygens (including phenoxy) is 1. The number of hydrogen-bond donors (Lipinski definition) is 1. The van der Waals surface area contributed by atoms with Crippen molar-refractivity contribution < 1.29 is 29.0 Å². The van der Waals surface area contributed by atoms with Crippen molar-refractivity contribution in [3.05, 3.63) is 29.3 Å². The first-order chi connectivity index (χ1) is 20.6. The van der Waals surface area contributed by atoms with Gasteiger partial charge in [-0.2, -0.15) is 0 Å². The van der Waals surface area contributed by atoms with E-state index in [1.807, 2.05) is 36.0 Å². The fourth-order valence-corrected chi connectivity index (χ4v) is 6.63. The van der Waals surface area contributed by atoms with Crippen LogP contribution in [0.1, 0.15) is 62.5 Å². The van der Waals surface area contributed by atoms with Gasteiger partial charge in [-0.3, -0.25) is 24.2 Å². The number of carbonyl (C=O) groups is 4. The van der Waals surface area contributed by atoms with Gasteiger partial charge in [-0.05, 0) is 63.5 Å². The summed E-state index contributed by atoms with van der Waals surface area (Å²) in [4.78, 5) is 60.9. The highest BCUT2D eigenvalue weighted by molar-refractivity contribution is 5.96. The van der Waals surface area contributed by atoms with Crippen molar-refractivity contribution in [2.75, 3.05) is 73.6 Å². The Balaban J connectivity index is 1.57. The molecule has 238 valence electrons. The molecule has 4 rings (SSSR count). The minimum Gasteiger partial charge on any atom is -0.493 e. The molecular formula is C32H49N5O6. The molecule has 0 spiro atoms. The van der Waals surface area contributed by atoms with E-state index in [0.29, 0.717) is 32.8 Å². The topological polar surface area (TPSA) is 114 Å². The van der Waals surface area contributed by atoms with Crippen molar-refractivity contribution in [3.8, 4) is 5.75 Å². The third kappa shape index (κ3) is 8.06. The van der Waals surface area contributed by atoms with Gasteiger partial charge < -0.3 is 24.5 Å². The van der Waals surface area contributed by atoms with Crippen LogP contribution < -0.4 is 4.74 Å². The number of amides is 4. The van der Waals surface area contributed by atoms with Gasteiger partial charge in [-0.25, -0.2) is 4.79 Å². The number of imide groups is 1. The fraction of sp³-hybridized carbons (Fsp3) is 0.688. The zero-order chi connectivity index (χ0) is 31.1. The lowest BCUT2D eigenvalue weighted by Gasteiger charge is -2.34. The Morgan fingerprint density at radius 2 is 1.81 bits per heavy atom. The Labute approximate surface area is 255 Å². The van der Waals surface area contributed by atoms with Gasteiger partial charge in [-0.15, -0.1) is 0 Å². The molecule has 3 heterocycles. The van der Waals surface area contributed by atoms with Crippen LogP contribution in [0.25, 0.3) is 0 Å². The maximum Gasteiger partial charge on any atom is 0.326 e. The van der Waals surface area contributed by atoms with Gasteiger partial charge in [-0.1, -0.05) is 25.5 Å². The number of carboxylic acid groups (broad SMARTS) is 1. The summed E-state index contributed by atoms with van der Waals surface area (Å²) in [6.07, 6.45) is 5.11. The summed E-state index contributed by atoms with van der Waals surface area (Å²) in [7, 11) is 5.75. The van der Waals surface area contributed by atoms with Crippen molar-refractivity contribution in [1.82, 2.24) is 24.5 Å². The zero-order valence-corrected chi connectivity index (χ0v) is 26.3. The predicted octanol–water partition coefficient (Wildman–Crippen LogP) is 2.73. The molecule has 2 saturated heterocycles. The highest BCUT2D eigenvalue weighted by atomic mass is 16.5. The molecule has 0 saturated carbocycles. The second-order valence-electron chi connectivity index (χ2n) is 12.5. The molecule has 3 aliphatic rings. The van der Waals surface area contributed by atoms with Crippen molar-refractivity contribution in [2.45, 2.75) is 63.8 Å². The summed E-state index contributed by atoms with van der Waals surface area (Å²) in [5.74, 6) is -1.45. The van der Waals surface area contributed by atoms with Crippen LogP contribution in [-0.2, 0) is 20.8 Å². The van der Waals surface area contributed by atoms with Crippen LogP contribution in [0.3, 0.4) is 0 Å². The first-order valence-corrected chi connectivity index (χ1v) is 15.8. The van der Waals surface area contributed by atoms with Gasteiger partial charge >= 0.3 is 12.0 Å². The monoisotopic (exact) mass is 599 g/mol. The third-order valence-corrected chi connectivity index (χ3v) is 9.10. The van der Waals surface area contributed by atoms with Crippen LogP contribution in [0.5, 0.6) is 5.75 Å². The van der Waals surface area contributed by atoms with Crippen molar-refractivity contribution in [2.24, 2.45) is 5.92 Å². The number of aliphatic carboxylic acids is 1. The van der Waals surface area contributed by atoms with Gasteiger partial charge in [0.2, 0.25) is 11.8 Å². The molecule has 11 heteroatoms. The van der Waals surface area contributed by atoms with Crippen molar-refractivity contribution in [1.29, 1.82) is 0 Å². The molecule has 0 radical (unpaired) electrons. The van der Waals surface area contributed by atoms with E-state index >= 15 is 0 Å². The summed E-state index contributed by atoms with van der Waals surface area (Å²) in [6.45, 7) is 6.05. The molecule has 3 atom stereocenters. The standard InChI is InChI=1S/C32H49N5O6/c1-5-6-15-35(16-8-7-14-33(2)3)29(39)22-36-21-25(23-9-10-27-24(20-23)13-19-43-27)30(31(40)41)26(36)11-18-37-28(38)12-17-34(4)32(37)42/h9-10,20,25-26,30H,5-8,11-19,21-22H2,1-4H3,(H,40,41)/t25-,26+,30?/m1/s1. The van der Waals surface area contributed by atoms with E-state index in [1.54, 1.807) is 7.05 Å². The molecule has 0 aromatic heterocycles. The maximum absolute atomic E-state index is 13.8. The molecule has 1 aromatic carbocycles. The smallest absolute Gasteiger partial charge is 0.326 e. The lowest BCUT2D eigenvalue weighted by molar-refractivity contribution is -0.144. The molecule has 1 aromatic rings. The van der Waals surface area contributed by atoms with E-state index < -0.39 is 17.9 Å². The molecule has 43 heavy (non-hydrogen) atoms. The minimum absolute atomic E-state index is 0.000281. The van der Waals surface area contributed by atoms with Crippen LogP contribution in [-0.4, -0.2) is 133 Å². The number of unbranched alkanes of at least 4 members (excludes halogenated alkanes) is 2. The molecule has 4 amide bonds. The van der Waals surface area contributed by atoms with E-state index in [4.69, 9.17) is 4.74 Å². The lowest BCUT2D eigenvalue weighted by Crippen LogP contribution is -2.52. The van der Waals surface area contributed by atoms with E-state index in [1.165, 1.54) is 9.80 Å².